The second-order valence-corrected chi connectivity index (χ2v) is 28.4. The first-order chi connectivity index (χ1) is 52.1. The van der Waals surface area contributed by atoms with Crippen molar-refractivity contribution in [3.8, 4) is 57.1 Å². The SMILES string of the molecule is CC(C)C[C@H](NC(=O)OCc1ccccc1)C(=O)N[C@H]1C(=O)N[C@@H](CC(N)=O)C(=O)N[C@H]2C(=O)NC3C(=O)N[C@H](C(=O)N[C@H](C(=O)O)c4cc(O)cc(O)c4-c4cc3ccc4O)[C@H](O)c3ccc(c(Cl)c3)Oc3cc2cc(c3OC2O[C@H](CO)[C@@H](O)[C@H](O)C2O[C@H]2C[C@](C)(N)[C@H](O)[C@H](C)O2)Oc2ccc(cc2Cl)[C@H]1O. The number of aliphatic hydroxyl groups excluding tert-OH is 6. The van der Waals surface area contributed by atoms with Gasteiger partial charge in [0.2, 0.25) is 53.4 Å². The van der Waals surface area contributed by atoms with Crippen LogP contribution < -0.4 is 62.9 Å². The molecular weight excluding hydrogens is 1490 g/mol. The Balaban J connectivity index is 1.12. The molecule has 6 aromatic carbocycles. The maximum Gasteiger partial charge on any atom is 0.408 e. The maximum absolute atomic E-state index is 16.1. The van der Waals surface area contributed by atoms with E-state index in [0.717, 1.165) is 78.9 Å². The Morgan fingerprint density at radius 1 is 0.691 bits per heavy atom. The minimum atomic E-state index is -2.40. The predicted molar refractivity (Wildman–Crippen MR) is 380 cm³/mol. The highest BCUT2D eigenvalue weighted by molar-refractivity contribution is 6.32. The molecule has 0 aromatic heterocycles. The summed E-state index contributed by atoms with van der Waals surface area (Å²) >= 11 is 14.2. The van der Waals surface area contributed by atoms with Gasteiger partial charge in [0.25, 0.3) is 0 Å². The summed E-state index contributed by atoms with van der Waals surface area (Å²) < 4.78 is 43.8. The fourth-order valence-electron chi connectivity index (χ4n) is 13.3. The van der Waals surface area contributed by atoms with Crippen LogP contribution in [0.5, 0.6) is 46.0 Å². The molecule has 0 radical (unpaired) electrons. The number of nitrogens with two attached hydrogens (primary N) is 2. The van der Waals surface area contributed by atoms with E-state index >= 15 is 19.2 Å². The van der Waals surface area contributed by atoms with Crippen LogP contribution >= 0.6 is 23.2 Å². The maximum atomic E-state index is 16.1. The molecule has 11 bridgehead atoms. The Bertz CT molecular complexity index is 4560. The molecule has 0 aliphatic carbocycles. The van der Waals surface area contributed by atoms with Crippen molar-refractivity contribution in [2.24, 2.45) is 17.4 Å². The Morgan fingerprint density at radius 2 is 1.31 bits per heavy atom. The van der Waals surface area contributed by atoms with Crippen LogP contribution in [-0.4, -0.2) is 190 Å². The average Bonchev–Trinajstić information content (AvgIpc) is 0.764. The lowest BCUT2D eigenvalue weighted by Crippen LogP contribution is -2.64. The molecule has 2 fully saturated rings. The van der Waals surface area contributed by atoms with Gasteiger partial charge in [0.05, 0.1) is 35.3 Å². The summed E-state index contributed by atoms with van der Waals surface area (Å²) in [4.78, 5) is 132. The van der Waals surface area contributed by atoms with Crippen LogP contribution in [0.4, 0.5) is 4.79 Å². The van der Waals surface area contributed by atoms with Gasteiger partial charge in [-0.05, 0) is 109 Å². The number of carbonyl (C=O) groups excluding carboxylic acids is 8. The Kier molecular flexibility index (Phi) is 24.3. The third-order valence-electron chi connectivity index (χ3n) is 18.9. The summed E-state index contributed by atoms with van der Waals surface area (Å²) in [6.07, 6.45) is -20.4. The summed E-state index contributed by atoms with van der Waals surface area (Å²) in [5.41, 5.74) is 8.40. The van der Waals surface area contributed by atoms with Crippen molar-refractivity contribution in [3.05, 3.63) is 153 Å². The predicted octanol–water partition coefficient (Wildman–Crippen LogP) is 1.81. The smallest absolute Gasteiger partial charge is 0.408 e. The van der Waals surface area contributed by atoms with E-state index in [0.29, 0.717) is 5.56 Å². The highest BCUT2D eigenvalue weighted by Gasteiger charge is 2.52. The van der Waals surface area contributed by atoms with E-state index in [4.69, 9.17) is 67.8 Å². The number of carboxylic acid groups (broad SMARTS) is 1. The fourth-order valence-corrected chi connectivity index (χ4v) is 13.7. The monoisotopic (exact) mass is 1570 g/mol. The van der Waals surface area contributed by atoms with E-state index in [1.807, 2.05) is 0 Å². The minimum Gasteiger partial charge on any atom is -0.508 e. The van der Waals surface area contributed by atoms with Crippen molar-refractivity contribution in [1.29, 1.82) is 0 Å². The number of phenolic OH excluding ortho intramolecular Hbond substituents is 3. The largest absolute Gasteiger partial charge is 0.508 e. The molecule has 2 saturated heterocycles. The van der Waals surface area contributed by atoms with Gasteiger partial charge in [0.15, 0.2) is 29.9 Å². The Hall–Kier alpha value is -10.7. The first-order valence-corrected chi connectivity index (χ1v) is 35.1. The number of nitrogens with one attached hydrogen (secondary N) is 7. The van der Waals surface area contributed by atoms with Crippen molar-refractivity contribution >= 4 is 76.6 Å². The van der Waals surface area contributed by atoms with Gasteiger partial charge in [-0.25, -0.2) is 9.59 Å². The number of fused-ring (bicyclic) bond motifs is 15. The van der Waals surface area contributed by atoms with Crippen molar-refractivity contribution in [2.45, 2.75) is 163 Å². The number of hydrogen-bond donors (Lipinski definition) is 19. The summed E-state index contributed by atoms with van der Waals surface area (Å²) in [5, 5.41) is 131. The summed E-state index contributed by atoms with van der Waals surface area (Å²) in [6.45, 7) is 5.16. The molecular formula is C73H79Cl2N9O26. The van der Waals surface area contributed by atoms with Crippen LogP contribution in [0, 0.1) is 5.92 Å². The van der Waals surface area contributed by atoms with Gasteiger partial charge in [-0.2, -0.15) is 0 Å². The van der Waals surface area contributed by atoms with Crippen LogP contribution in [0.15, 0.2) is 109 Å². The van der Waals surface area contributed by atoms with Gasteiger partial charge in [-0.3, -0.25) is 33.6 Å². The number of aromatic hydroxyl groups is 3. The number of carboxylic acids is 1. The number of hydrogen-bond acceptors (Lipinski definition) is 26. The van der Waals surface area contributed by atoms with Gasteiger partial charge in [0, 0.05) is 34.7 Å². The van der Waals surface area contributed by atoms with Gasteiger partial charge in [0.1, 0.15) is 102 Å². The average molecular weight is 1570 g/mol. The van der Waals surface area contributed by atoms with E-state index in [2.05, 4.69) is 37.2 Å². The number of aliphatic carboxylic acids is 1. The van der Waals surface area contributed by atoms with Crippen molar-refractivity contribution < 1.29 is 127 Å². The summed E-state index contributed by atoms with van der Waals surface area (Å²) in [6, 6.07) is 6.55. The zero-order valence-electron chi connectivity index (χ0n) is 58.7. The number of phenols is 3. The van der Waals surface area contributed by atoms with Crippen molar-refractivity contribution in [3.63, 3.8) is 0 Å². The molecule has 3 unspecified atom stereocenters. The quantitative estimate of drug-likeness (QED) is 0.0697. The summed E-state index contributed by atoms with van der Waals surface area (Å²) in [7, 11) is 0. The van der Waals surface area contributed by atoms with E-state index < -0.39 is 254 Å². The van der Waals surface area contributed by atoms with Gasteiger partial charge in [-0.15, -0.1) is 0 Å². The molecule has 7 aliphatic rings. The molecule has 586 valence electrons. The lowest BCUT2D eigenvalue weighted by molar-refractivity contribution is -0.333. The number of rotatable bonds is 15. The van der Waals surface area contributed by atoms with Crippen LogP contribution in [0.2, 0.25) is 10.0 Å². The highest BCUT2D eigenvalue weighted by atomic mass is 35.5. The highest BCUT2D eigenvalue weighted by Crippen LogP contribution is 2.50. The van der Waals surface area contributed by atoms with Crippen LogP contribution in [0.1, 0.15) is 111 Å². The van der Waals surface area contributed by atoms with Gasteiger partial charge in [-0.1, -0.05) is 85.6 Å². The summed E-state index contributed by atoms with van der Waals surface area (Å²) in [5.74, 6) is -17.1. The van der Waals surface area contributed by atoms with E-state index in [1.54, 1.807) is 44.2 Å². The molecule has 6 aromatic rings. The molecule has 7 aliphatic heterocycles. The molecule has 0 spiro atoms. The number of halogens is 2. The van der Waals surface area contributed by atoms with Gasteiger partial charge < -0.3 is 133 Å². The molecule has 18 atom stereocenters. The zero-order valence-corrected chi connectivity index (χ0v) is 60.2. The number of ether oxygens (including phenoxy) is 7. The van der Waals surface area contributed by atoms with Crippen molar-refractivity contribution in [2.75, 3.05) is 6.61 Å². The van der Waals surface area contributed by atoms with Gasteiger partial charge >= 0.3 is 12.1 Å². The normalized spacial score (nSPS) is 27.9. The first-order valence-electron chi connectivity index (χ1n) is 34.3. The van der Waals surface area contributed by atoms with Crippen LogP contribution in [0.3, 0.4) is 0 Å². The van der Waals surface area contributed by atoms with Crippen LogP contribution in [0.25, 0.3) is 11.1 Å². The molecule has 37 heteroatoms. The number of alkyl carbamates (subject to hydrolysis) is 1. The molecule has 7 heterocycles. The van der Waals surface area contributed by atoms with E-state index in [1.165, 1.54) is 13.8 Å². The third-order valence-corrected chi connectivity index (χ3v) is 19.5. The Morgan fingerprint density at radius 3 is 1.92 bits per heavy atom. The molecule has 21 N–H and O–H groups in total. The van der Waals surface area contributed by atoms with E-state index in [9.17, 15) is 75.0 Å². The molecule has 8 amide bonds. The fraction of sp³-hybridized carbons (Fsp3) is 0.384. The number of aliphatic hydroxyl groups is 6. The second kappa shape index (κ2) is 33.3. The third kappa shape index (κ3) is 17.6. The molecule has 110 heavy (non-hydrogen) atoms. The topological polar surface area (TPSA) is 557 Å². The molecule has 35 nitrogen and oxygen atoms in total. The number of amides is 8. The number of primary amides is 1. The lowest BCUT2D eigenvalue weighted by atomic mass is 9.86. The van der Waals surface area contributed by atoms with Crippen LogP contribution in [-0.2, 0) is 63.9 Å². The lowest BCUT2D eigenvalue weighted by Gasteiger charge is -2.47. The molecule has 13 rings (SSSR count). The standard InChI is InChI=1S/C73H79Cl2N9O26/c1-28(2)16-40(79-72(103)104-27-30-8-6-5-7-9-30)64(95)83-55-57(90)32-11-14-44(38(74)18-32)106-46-20-34-21-47(61(46)110-71-62(60(93)59(92)48(26-85)108-71)109-50-25-73(4,77)63(94)29(3)105-50)107-45-15-12-33(19-39(45)75)58(91)56-69(100)82-54(70(101)102)37-22-35(86)23-43(88)51(37)36-17-31(10-13-42(36)87)52(66(97)84-56)81-67(98)53(34)80-65(96)41(24-49(76)89)78-68(55)99/h5-15,17-23,28-29,40-41,48,50,52-60,62-63,71,85-88,90-94H,16,24-27,77H2,1-4H3,(H2,76,89)(H,78,99)(H,79,103)(H,80,96)(H,81,98)(H,82,100)(H,83,95)(H,84,97)(H,101,102)/t29-,40-,41-,48+,50-,52?,53+,54-,55+,56-,57+,58+,59+,60-,62?,63+,71?,73-/m0/s1. The Labute approximate surface area is 635 Å². The minimum absolute atomic E-state index is 0.106. The number of benzene rings is 6. The first kappa shape index (κ1) is 80.3. The second-order valence-electron chi connectivity index (χ2n) is 27.6. The number of carbonyl (C=O) groups is 9. The molecule has 0 saturated carbocycles. The zero-order chi connectivity index (χ0) is 79.6. The van der Waals surface area contributed by atoms with E-state index in [-0.39, 0.29) is 42.1 Å². The van der Waals surface area contributed by atoms with Crippen molar-refractivity contribution in [1.82, 2.24) is 37.2 Å².